The van der Waals surface area contributed by atoms with Crippen LogP contribution in [-0.2, 0) is 22.1 Å². The van der Waals surface area contributed by atoms with Crippen molar-refractivity contribution in [2.24, 2.45) is 0 Å². The second-order valence-electron chi connectivity index (χ2n) is 3.46. The quantitative estimate of drug-likeness (QED) is 0.886. The summed E-state index contributed by atoms with van der Waals surface area (Å²) in [5, 5.41) is 0. The van der Waals surface area contributed by atoms with Gasteiger partial charge >= 0.3 is 6.09 Å². The minimum atomic E-state index is -1.59. The Kier molecular flexibility index (Phi) is 3.63. The zero-order valence-corrected chi connectivity index (χ0v) is 10.2. The fourth-order valence-corrected chi connectivity index (χ4v) is 2.34. The maximum atomic E-state index is 11.8. The number of ether oxygens (including phenoxy) is 2. The van der Waals surface area contributed by atoms with Crippen molar-refractivity contribution in [1.82, 2.24) is 4.72 Å². The third kappa shape index (κ3) is 2.76. The van der Waals surface area contributed by atoms with Crippen LogP contribution in [0.25, 0.3) is 0 Å². The number of carbonyl (C=O) groups is 1. The molecular formula is C11H13NO4S. The molecule has 0 fully saturated rings. The highest BCUT2D eigenvalue weighted by atomic mass is 32.2. The van der Waals surface area contributed by atoms with Crippen molar-refractivity contribution in [2.45, 2.75) is 18.2 Å². The molecule has 1 N–H and O–H groups in total. The van der Waals surface area contributed by atoms with E-state index >= 15 is 0 Å². The molecule has 1 unspecified atom stereocenters. The topological polar surface area (TPSA) is 64.6 Å². The van der Waals surface area contributed by atoms with Crippen LogP contribution in [0.2, 0.25) is 0 Å². The van der Waals surface area contributed by atoms with Gasteiger partial charge in [-0.05, 0) is 30.7 Å². The fraction of sp³-hybridized carbons (Fsp3) is 0.364. The zero-order valence-electron chi connectivity index (χ0n) is 9.39. The smallest absolute Gasteiger partial charge is 0.419 e. The van der Waals surface area contributed by atoms with Crippen LogP contribution < -0.4 is 9.46 Å². The van der Waals surface area contributed by atoms with Crippen molar-refractivity contribution in [2.75, 3.05) is 13.2 Å². The number of hydrogen-bond acceptors (Lipinski definition) is 4. The van der Waals surface area contributed by atoms with Crippen molar-refractivity contribution in [3.05, 3.63) is 23.8 Å². The minimum absolute atomic E-state index is 0.251. The summed E-state index contributed by atoms with van der Waals surface area (Å²) >= 11 is 0. The molecule has 1 aromatic rings. The summed E-state index contributed by atoms with van der Waals surface area (Å²) in [5.74, 6) is 0.821. The first-order valence-electron chi connectivity index (χ1n) is 5.31. The largest absolute Gasteiger partial charge is 0.493 e. The Bertz CT molecular complexity index is 461. The van der Waals surface area contributed by atoms with Gasteiger partial charge in [-0.15, -0.1) is 0 Å². The van der Waals surface area contributed by atoms with Crippen LogP contribution in [0.3, 0.4) is 0 Å². The molecule has 0 saturated heterocycles. The molecule has 1 atom stereocenters. The Morgan fingerprint density at radius 1 is 1.59 bits per heavy atom. The van der Waals surface area contributed by atoms with Crippen LogP contribution in [0.4, 0.5) is 4.79 Å². The number of fused-ring (bicyclic) bond motifs is 1. The zero-order chi connectivity index (χ0) is 12.3. The fourth-order valence-electron chi connectivity index (χ4n) is 1.57. The molecule has 5 nitrogen and oxygen atoms in total. The molecule has 6 heteroatoms. The predicted molar refractivity (Wildman–Crippen MR) is 62.2 cm³/mol. The minimum Gasteiger partial charge on any atom is -0.493 e. The van der Waals surface area contributed by atoms with Gasteiger partial charge in [-0.1, -0.05) is 0 Å². The van der Waals surface area contributed by atoms with E-state index in [1.807, 2.05) is 0 Å². The van der Waals surface area contributed by atoms with Gasteiger partial charge in [0.2, 0.25) is 0 Å². The summed E-state index contributed by atoms with van der Waals surface area (Å²) in [6.45, 7) is 2.59. The first-order chi connectivity index (χ1) is 8.20. The Morgan fingerprint density at radius 2 is 2.41 bits per heavy atom. The maximum absolute atomic E-state index is 11.8. The molecule has 0 spiro atoms. The summed E-state index contributed by atoms with van der Waals surface area (Å²) in [6.07, 6.45) is 0.127. The summed E-state index contributed by atoms with van der Waals surface area (Å²) in [5.41, 5.74) is 1.02. The first-order valence-corrected chi connectivity index (χ1v) is 6.46. The van der Waals surface area contributed by atoms with E-state index in [-0.39, 0.29) is 6.61 Å². The van der Waals surface area contributed by atoms with Crippen LogP contribution in [0.1, 0.15) is 12.5 Å². The monoisotopic (exact) mass is 255 g/mol. The van der Waals surface area contributed by atoms with Gasteiger partial charge < -0.3 is 9.47 Å². The van der Waals surface area contributed by atoms with Crippen LogP contribution in [-0.4, -0.2) is 23.5 Å². The van der Waals surface area contributed by atoms with Crippen molar-refractivity contribution >= 4 is 17.1 Å². The van der Waals surface area contributed by atoms with E-state index in [1.165, 1.54) is 0 Å². The molecule has 92 valence electrons. The number of benzene rings is 1. The average molecular weight is 255 g/mol. The maximum Gasteiger partial charge on any atom is 0.419 e. The molecule has 17 heavy (non-hydrogen) atoms. The third-order valence-corrected chi connectivity index (χ3v) is 3.36. The molecule has 1 aliphatic heterocycles. The van der Waals surface area contributed by atoms with Crippen molar-refractivity contribution in [3.63, 3.8) is 0 Å². The number of rotatable bonds is 3. The Morgan fingerprint density at radius 3 is 3.18 bits per heavy atom. The van der Waals surface area contributed by atoms with E-state index in [4.69, 9.17) is 4.74 Å². The number of hydrogen-bond donors (Lipinski definition) is 1. The van der Waals surface area contributed by atoms with Gasteiger partial charge in [0.1, 0.15) is 5.75 Å². The molecule has 0 saturated carbocycles. The first kappa shape index (κ1) is 11.9. The Hall–Kier alpha value is -1.56. The van der Waals surface area contributed by atoms with Gasteiger partial charge in [-0.3, -0.25) is 0 Å². The Labute approximate surface area is 102 Å². The highest BCUT2D eigenvalue weighted by Crippen LogP contribution is 2.26. The lowest BCUT2D eigenvalue weighted by Gasteiger charge is -2.06. The van der Waals surface area contributed by atoms with Crippen LogP contribution >= 0.6 is 0 Å². The van der Waals surface area contributed by atoms with E-state index in [9.17, 15) is 9.00 Å². The molecule has 0 bridgehead atoms. The van der Waals surface area contributed by atoms with Gasteiger partial charge in [0.15, 0.2) is 11.0 Å². The number of amides is 1. The third-order valence-electron chi connectivity index (χ3n) is 2.33. The second kappa shape index (κ2) is 5.18. The molecule has 1 amide bonds. The predicted octanol–water partition coefficient (Wildman–Crippen LogP) is 1.39. The molecule has 1 aromatic carbocycles. The molecule has 0 aliphatic carbocycles. The van der Waals surface area contributed by atoms with Gasteiger partial charge in [0.05, 0.1) is 18.1 Å². The number of carbonyl (C=O) groups excluding carboxylic acids is 1. The van der Waals surface area contributed by atoms with Crippen LogP contribution in [0.5, 0.6) is 5.75 Å². The Balaban J connectivity index is 2.07. The molecule has 2 rings (SSSR count). The molecule has 0 radical (unpaired) electrons. The van der Waals surface area contributed by atoms with E-state index in [0.717, 1.165) is 17.7 Å². The molecule has 1 heterocycles. The van der Waals surface area contributed by atoms with Gasteiger partial charge in [-0.2, -0.15) is 0 Å². The normalized spacial score (nSPS) is 14.6. The van der Waals surface area contributed by atoms with Crippen molar-refractivity contribution in [1.29, 1.82) is 0 Å². The average Bonchev–Trinajstić information content (AvgIpc) is 2.75. The van der Waals surface area contributed by atoms with Gasteiger partial charge in [0, 0.05) is 6.42 Å². The lowest BCUT2D eigenvalue weighted by molar-refractivity contribution is 0.159. The van der Waals surface area contributed by atoms with Crippen molar-refractivity contribution < 1.29 is 18.5 Å². The summed E-state index contributed by atoms with van der Waals surface area (Å²) in [4.78, 5) is 11.7. The lowest BCUT2D eigenvalue weighted by Crippen LogP contribution is -2.26. The SMILES string of the molecule is CCOC(=O)NS(=O)c1ccc2c(c1)CCO2. The standard InChI is InChI=1S/C11H13NO4S/c1-2-15-11(13)12-17(14)9-3-4-10-8(7-9)5-6-16-10/h3-4,7H,2,5-6H2,1H3,(H,12,13). The van der Waals surface area contributed by atoms with E-state index < -0.39 is 17.1 Å². The van der Waals surface area contributed by atoms with E-state index in [1.54, 1.807) is 25.1 Å². The summed E-state index contributed by atoms with van der Waals surface area (Å²) < 4.78 is 24.0. The molecule has 0 aromatic heterocycles. The highest BCUT2D eigenvalue weighted by Gasteiger charge is 2.15. The summed E-state index contributed by atoms with van der Waals surface area (Å²) in [6, 6.07) is 5.22. The summed E-state index contributed by atoms with van der Waals surface area (Å²) in [7, 11) is -1.59. The van der Waals surface area contributed by atoms with Crippen LogP contribution in [0.15, 0.2) is 23.1 Å². The van der Waals surface area contributed by atoms with Gasteiger partial charge in [0.25, 0.3) is 0 Å². The highest BCUT2D eigenvalue weighted by molar-refractivity contribution is 7.83. The lowest BCUT2D eigenvalue weighted by atomic mass is 10.2. The van der Waals surface area contributed by atoms with Crippen molar-refractivity contribution in [3.8, 4) is 5.75 Å². The second-order valence-corrected chi connectivity index (χ2v) is 4.67. The van der Waals surface area contributed by atoms with Gasteiger partial charge in [-0.25, -0.2) is 13.7 Å². The van der Waals surface area contributed by atoms with E-state index in [2.05, 4.69) is 9.46 Å². The van der Waals surface area contributed by atoms with E-state index in [0.29, 0.717) is 11.5 Å². The molecular weight excluding hydrogens is 242 g/mol. The molecule has 1 aliphatic rings. The van der Waals surface area contributed by atoms with Crippen LogP contribution in [0, 0.1) is 0 Å². The number of nitrogens with one attached hydrogen (secondary N) is 1.